The van der Waals surface area contributed by atoms with Gasteiger partial charge in [0.15, 0.2) is 0 Å². The second-order valence-electron chi connectivity index (χ2n) is 10.2. The molecule has 0 bridgehead atoms. The molecule has 1 atom stereocenters. The summed E-state index contributed by atoms with van der Waals surface area (Å²) in [6.45, 7) is 7.85. The summed E-state index contributed by atoms with van der Waals surface area (Å²) in [6, 6.07) is 0. The van der Waals surface area contributed by atoms with Crippen molar-refractivity contribution in [3.63, 3.8) is 0 Å². The summed E-state index contributed by atoms with van der Waals surface area (Å²) in [6.07, 6.45) is 13.2. The fourth-order valence-electron chi connectivity index (χ4n) is 5.74. The van der Waals surface area contributed by atoms with Gasteiger partial charge in [-0.05, 0) is 50.0 Å². The molecule has 0 unspecified atom stereocenters. The molecular formula is C26H38N4OS. The summed E-state index contributed by atoms with van der Waals surface area (Å²) in [5, 5.41) is 1.32. The van der Waals surface area contributed by atoms with Gasteiger partial charge >= 0.3 is 0 Å². The number of anilines is 1. The third-order valence-corrected chi connectivity index (χ3v) is 9.22. The summed E-state index contributed by atoms with van der Waals surface area (Å²) in [5.41, 5.74) is 1.51. The Balaban J connectivity index is 1.34. The molecule has 0 N–H and O–H groups in total. The van der Waals surface area contributed by atoms with Crippen molar-refractivity contribution >= 4 is 33.3 Å². The first kappa shape index (κ1) is 22.1. The Morgan fingerprint density at radius 2 is 1.81 bits per heavy atom. The molecule has 3 aliphatic rings. The van der Waals surface area contributed by atoms with E-state index >= 15 is 0 Å². The molecule has 1 aliphatic heterocycles. The van der Waals surface area contributed by atoms with Gasteiger partial charge < -0.3 is 9.80 Å². The lowest BCUT2D eigenvalue weighted by Crippen LogP contribution is -2.49. The standard InChI is InChI=1S/C26H38N4OS/c1-3-18(2)24-27-25(23-20-10-6-7-11-21(20)32-26(23)28-24)30-16-14-29(15-17-30)22(31)13-12-19-8-4-5-9-19/h18-19H,3-17H2,1-2H3/t18-/m0/s1. The van der Waals surface area contributed by atoms with E-state index < -0.39 is 0 Å². The summed E-state index contributed by atoms with van der Waals surface area (Å²) < 4.78 is 0. The molecule has 5 nitrogen and oxygen atoms in total. The summed E-state index contributed by atoms with van der Waals surface area (Å²) in [4.78, 5) is 30.3. The second-order valence-corrected chi connectivity index (χ2v) is 11.2. The van der Waals surface area contributed by atoms with Crippen molar-refractivity contribution in [1.29, 1.82) is 0 Å². The minimum atomic E-state index is 0.359. The maximum atomic E-state index is 12.8. The van der Waals surface area contributed by atoms with Crippen LogP contribution in [-0.4, -0.2) is 47.0 Å². The SMILES string of the molecule is CC[C@H](C)c1nc(N2CCN(C(=O)CCC3CCCC3)CC2)c2c3c(sc2n1)CCCC3. The van der Waals surface area contributed by atoms with Crippen molar-refractivity contribution in [3.05, 3.63) is 16.3 Å². The highest BCUT2D eigenvalue weighted by Gasteiger charge is 2.28. The Kier molecular flexibility index (Phi) is 6.68. The topological polar surface area (TPSA) is 49.3 Å². The number of aryl methyl sites for hydroxylation is 2. The quantitative estimate of drug-likeness (QED) is 0.561. The highest BCUT2D eigenvalue weighted by atomic mass is 32.1. The van der Waals surface area contributed by atoms with Gasteiger partial charge in [-0.3, -0.25) is 4.79 Å². The van der Waals surface area contributed by atoms with Crippen LogP contribution >= 0.6 is 11.3 Å². The molecule has 1 saturated heterocycles. The van der Waals surface area contributed by atoms with Crippen molar-refractivity contribution in [1.82, 2.24) is 14.9 Å². The van der Waals surface area contributed by atoms with Crippen LogP contribution in [0.25, 0.3) is 10.2 Å². The summed E-state index contributed by atoms with van der Waals surface area (Å²) in [7, 11) is 0. The summed E-state index contributed by atoms with van der Waals surface area (Å²) in [5.74, 6) is 3.65. The Morgan fingerprint density at radius 3 is 2.56 bits per heavy atom. The zero-order valence-electron chi connectivity index (χ0n) is 19.9. The van der Waals surface area contributed by atoms with Crippen LogP contribution < -0.4 is 4.90 Å². The van der Waals surface area contributed by atoms with E-state index in [2.05, 4.69) is 23.6 Å². The van der Waals surface area contributed by atoms with E-state index in [1.54, 1.807) is 0 Å². The van der Waals surface area contributed by atoms with Crippen molar-refractivity contribution < 1.29 is 4.79 Å². The number of carbonyl (C=O) groups excluding carboxylic acids is 1. The highest BCUT2D eigenvalue weighted by Crippen LogP contribution is 2.40. The average molecular weight is 455 g/mol. The monoisotopic (exact) mass is 454 g/mol. The number of nitrogens with zero attached hydrogens (tertiary/aromatic N) is 4. The molecule has 2 aliphatic carbocycles. The molecule has 2 aromatic heterocycles. The Hall–Kier alpha value is -1.69. The minimum absolute atomic E-state index is 0.359. The number of hydrogen-bond acceptors (Lipinski definition) is 5. The first-order valence-electron chi connectivity index (χ1n) is 13.0. The van der Waals surface area contributed by atoms with Crippen molar-refractivity contribution in [3.8, 4) is 0 Å². The van der Waals surface area contributed by atoms with E-state index in [4.69, 9.17) is 9.97 Å². The van der Waals surface area contributed by atoms with Crippen LogP contribution in [-0.2, 0) is 17.6 Å². The van der Waals surface area contributed by atoms with Gasteiger partial charge in [-0.25, -0.2) is 9.97 Å². The number of thiophene rings is 1. The fourth-order valence-corrected chi connectivity index (χ4v) is 7.00. The molecule has 1 saturated carbocycles. The molecule has 32 heavy (non-hydrogen) atoms. The first-order valence-corrected chi connectivity index (χ1v) is 13.8. The smallest absolute Gasteiger partial charge is 0.222 e. The van der Waals surface area contributed by atoms with Gasteiger partial charge in [0.1, 0.15) is 16.5 Å². The molecule has 0 aromatic carbocycles. The number of piperazine rings is 1. The normalized spacial score (nSPS) is 20.7. The zero-order chi connectivity index (χ0) is 22.1. The minimum Gasteiger partial charge on any atom is -0.352 e. The number of fused-ring (bicyclic) bond motifs is 3. The second kappa shape index (κ2) is 9.66. The fraction of sp³-hybridized carbons (Fsp3) is 0.731. The van der Waals surface area contributed by atoms with E-state index in [1.807, 2.05) is 11.3 Å². The molecule has 0 spiro atoms. The summed E-state index contributed by atoms with van der Waals surface area (Å²) >= 11 is 1.90. The van der Waals surface area contributed by atoms with Crippen LogP contribution in [0, 0.1) is 5.92 Å². The van der Waals surface area contributed by atoms with Crippen LogP contribution in [0.1, 0.15) is 93.8 Å². The highest BCUT2D eigenvalue weighted by molar-refractivity contribution is 7.19. The van der Waals surface area contributed by atoms with Crippen LogP contribution in [0.5, 0.6) is 0 Å². The van der Waals surface area contributed by atoms with Gasteiger partial charge in [0.25, 0.3) is 0 Å². The number of hydrogen-bond donors (Lipinski definition) is 0. The van der Waals surface area contributed by atoms with Crippen molar-refractivity contribution in [2.24, 2.45) is 5.92 Å². The maximum absolute atomic E-state index is 12.8. The third-order valence-electron chi connectivity index (χ3n) is 8.04. The largest absolute Gasteiger partial charge is 0.352 e. The predicted octanol–water partition coefficient (Wildman–Crippen LogP) is 5.70. The zero-order valence-corrected chi connectivity index (χ0v) is 20.7. The molecular weight excluding hydrogens is 416 g/mol. The molecule has 2 aromatic rings. The predicted molar refractivity (Wildman–Crippen MR) is 133 cm³/mol. The molecule has 1 amide bonds. The maximum Gasteiger partial charge on any atom is 0.222 e. The van der Waals surface area contributed by atoms with Gasteiger partial charge in [-0.2, -0.15) is 0 Å². The van der Waals surface area contributed by atoms with Crippen LogP contribution in [0.3, 0.4) is 0 Å². The number of carbonyl (C=O) groups is 1. The van der Waals surface area contributed by atoms with Crippen LogP contribution in [0.4, 0.5) is 5.82 Å². The van der Waals surface area contributed by atoms with E-state index in [0.29, 0.717) is 11.8 Å². The number of rotatable bonds is 6. The lowest BCUT2D eigenvalue weighted by atomic mass is 9.96. The van der Waals surface area contributed by atoms with Crippen LogP contribution in [0.15, 0.2) is 0 Å². The van der Waals surface area contributed by atoms with Gasteiger partial charge in [0.05, 0.1) is 5.39 Å². The van der Waals surface area contributed by atoms with E-state index in [9.17, 15) is 4.79 Å². The van der Waals surface area contributed by atoms with Crippen LogP contribution in [0.2, 0.25) is 0 Å². The van der Waals surface area contributed by atoms with Gasteiger partial charge in [0.2, 0.25) is 5.91 Å². The Labute approximate surface area is 196 Å². The Morgan fingerprint density at radius 1 is 1.06 bits per heavy atom. The molecule has 6 heteroatoms. The lowest BCUT2D eigenvalue weighted by molar-refractivity contribution is -0.131. The van der Waals surface area contributed by atoms with Crippen molar-refractivity contribution in [2.45, 2.75) is 90.4 Å². The van der Waals surface area contributed by atoms with Crippen molar-refractivity contribution in [2.75, 3.05) is 31.1 Å². The van der Waals surface area contributed by atoms with E-state index in [1.165, 1.54) is 65.6 Å². The van der Waals surface area contributed by atoms with E-state index in [-0.39, 0.29) is 0 Å². The average Bonchev–Trinajstić information content (AvgIpc) is 3.49. The molecule has 0 radical (unpaired) electrons. The van der Waals surface area contributed by atoms with E-state index in [0.717, 1.165) is 69.4 Å². The number of amides is 1. The first-order chi connectivity index (χ1) is 15.6. The lowest BCUT2D eigenvalue weighted by Gasteiger charge is -2.36. The molecule has 2 fully saturated rings. The Bertz CT molecular complexity index is 956. The molecule has 3 heterocycles. The van der Waals surface area contributed by atoms with Gasteiger partial charge in [-0.15, -0.1) is 11.3 Å². The van der Waals surface area contributed by atoms with Gasteiger partial charge in [-0.1, -0.05) is 39.5 Å². The molecule has 5 rings (SSSR count). The molecule has 174 valence electrons. The van der Waals surface area contributed by atoms with Gasteiger partial charge in [0, 0.05) is 43.4 Å². The third kappa shape index (κ3) is 4.40. The number of aromatic nitrogens is 2.